The fourth-order valence-corrected chi connectivity index (χ4v) is 3.61. The van der Waals surface area contributed by atoms with Crippen LogP contribution in [0.4, 0.5) is 5.82 Å². The fourth-order valence-electron chi connectivity index (χ4n) is 1.89. The van der Waals surface area contributed by atoms with Gasteiger partial charge in [0, 0.05) is 4.88 Å². The number of thiophene rings is 1. The average Bonchev–Trinajstić information content (AvgIpc) is 2.82. The molecule has 0 amide bonds. The van der Waals surface area contributed by atoms with Gasteiger partial charge in [-0.05, 0) is 46.8 Å². The Morgan fingerprint density at radius 1 is 1.47 bits per heavy atom. The van der Waals surface area contributed by atoms with Crippen LogP contribution in [-0.4, -0.2) is 5.16 Å². The number of nitrogens with zero attached hydrogens (tertiary/aromatic N) is 1. The van der Waals surface area contributed by atoms with E-state index in [0.29, 0.717) is 5.82 Å². The molecule has 3 nitrogen and oxygen atoms in total. The van der Waals surface area contributed by atoms with Gasteiger partial charge >= 0.3 is 0 Å². The van der Waals surface area contributed by atoms with E-state index in [9.17, 15) is 0 Å². The maximum Gasteiger partial charge on any atom is 0.193 e. The first-order valence-electron chi connectivity index (χ1n) is 4.78. The van der Waals surface area contributed by atoms with E-state index in [1.807, 2.05) is 0 Å². The van der Waals surface area contributed by atoms with Crippen molar-refractivity contribution in [2.75, 3.05) is 5.73 Å². The number of hydrogen-bond donors (Lipinski definition) is 1. The van der Waals surface area contributed by atoms with Crippen LogP contribution in [0.15, 0.2) is 15.1 Å². The fraction of sp³-hybridized carbons (Fsp3) is 0.300. The molecule has 0 atom stereocenters. The highest BCUT2D eigenvalue weighted by Gasteiger charge is 2.20. The molecule has 3 rings (SSSR count). The molecule has 0 aliphatic heterocycles. The van der Waals surface area contributed by atoms with Crippen LogP contribution < -0.4 is 5.73 Å². The first-order chi connectivity index (χ1) is 7.25. The summed E-state index contributed by atoms with van der Waals surface area (Å²) in [4.78, 5) is 2.60. The Hall–Kier alpha value is -0.810. The number of fused-ring (bicyclic) bond motifs is 1. The van der Waals surface area contributed by atoms with Crippen LogP contribution in [0, 0.1) is 0 Å². The summed E-state index contributed by atoms with van der Waals surface area (Å²) in [5.41, 5.74) is 7.08. The van der Waals surface area contributed by atoms with E-state index in [-0.39, 0.29) is 0 Å². The zero-order chi connectivity index (χ0) is 10.4. The van der Waals surface area contributed by atoms with Crippen molar-refractivity contribution >= 4 is 33.1 Å². The molecule has 0 spiro atoms. The van der Waals surface area contributed by atoms with E-state index in [2.05, 4.69) is 27.2 Å². The number of nitrogens with two attached hydrogens (primary N) is 1. The highest BCUT2D eigenvalue weighted by Crippen LogP contribution is 2.40. The molecule has 1 aliphatic rings. The molecule has 5 heteroatoms. The summed E-state index contributed by atoms with van der Waals surface area (Å²) in [6, 6.07) is 2.19. The lowest BCUT2D eigenvalue weighted by atomic mass is 10.2. The van der Waals surface area contributed by atoms with Gasteiger partial charge in [0.05, 0.1) is 4.88 Å². The van der Waals surface area contributed by atoms with E-state index in [0.717, 1.165) is 15.1 Å². The summed E-state index contributed by atoms with van der Waals surface area (Å²) in [7, 11) is 0. The van der Waals surface area contributed by atoms with Gasteiger partial charge in [-0.3, -0.25) is 0 Å². The van der Waals surface area contributed by atoms with Crippen molar-refractivity contribution in [3.8, 4) is 10.6 Å². The maximum absolute atomic E-state index is 5.62. The van der Waals surface area contributed by atoms with Gasteiger partial charge in [0.25, 0.3) is 0 Å². The van der Waals surface area contributed by atoms with Crippen LogP contribution in [0.3, 0.4) is 0 Å². The number of hydrogen-bond acceptors (Lipinski definition) is 4. The van der Waals surface area contributed by atoms with E-state index in [1.54, 1.807) is 11.3 Å². The molecule has 0 unspecified atom stereocenters. The van der Waals surface area contributed by atoms with Crippen molar-refractivity contribution in [1.29, 1.82) is 0 Å². The summed E-state index contributed by atoms with van der Waals surface area (Å²) < 4.78 is 5.97. The molecule has 2 aromatic rings. The molecule has 1 aliphatic carbocycles. The van der Waals surface area contributed by atoms with Crippen LogP contribution in [0.5, 0.6) is 0 Å². The molecule has 2 N–H and O–H groups in total. The second kappa shape index (κ2) is 3.35. The molecule has 0 aromatic carbocycles. The largest absolute Gasteiger partial charge is 0.380 e. The van der Waals surface area contributed by atoms with Gasteiger partial charge in [-0.15, -0.1) is 11.3 Å². The van der Waals surface area contributed by atoms with Crippen molar-refractivity contribution in [2.45, 2.75) is 19.3 Å². The molecular formula is C10H9BrN2OS. The Bertz CT molecular complexity index is 496. The van der Waals surface area contributed by atoms with Crippen LogP contribution in [0.25, 0.3) is 10.6 Å². The SMILES string of the molecule is Nc1noc(-c2cc3c(s2)CCC3)c1Br. The van der Waals surface area contributed by atoms with Crippen molar-refractivity contribution in [3.05, 3.63) is 21.0 Å². The number of aromatic nitrogens is 1. The Balaban J connectivity index is 2.09. The molecule has 0 saturated heterocycles. The lowest BCUT2D eigenvalue weighted by molar-refractivity contribution is 0.436. The summed E-state index contributed by atoms with van der Waals surface area (Å²) in [6.07, 6.45) is 3.66. The number of anilines is 1. The first-order valence-corrected chi connectivity index (χ1v) is 6.39. The predicted molar refractivity (Wildman–Crippen MR) is 64.0 cm³/mol. The molecule has 0 bridgehead atoms. The van der Waals surface area contributed by atoms with Gasteiger partial charge in [0.2, 0.25) is 0 Å². The number of halogens is 1. The van der Waals surface area contributed by atoms with Crippen LogP contribution in [0.1, 0.15) is 16.9 Å². The van der Waals surface area contributed by atoms with E-state index >= 15 is 0 Å². The Labute approximate surface area is 99.4 Å². The minimum Gasteiger partial charge on any atom is -0.380 e. The van der Waals surface area contributed by atoms with Gasteiger partial charge in [0.1, 0.15) is 4.47 Å². The van der Waals surface area contributed by atoms with Crippen molar-refractivity contribution in [3.63, 3.8) is 0 Å². The summed E-state index contributed by atoms with van der Waals surface area (Å²) in [5.74, 6) is 1.17. The zero-order valence-electron chi connectivity index (χ0n) is 7.92. The minimum atomic E-state index is 0.415. The topological polar surface area (TPSA) is 52.0 Å². The van der Waals surface area contributed by atoms with Crippen LogP contribution in [-0.2, 0) is 12.8 Å². The third-order valence-electron chi connectivity index (χ3n) is 2.63. The van der Waals surface area contributed by atoms with Gasteiger partial charge in [-0.1, -0.05) is 5.16 Å². The highest BCUT2D eigenvalue weighted by molar-refractivity contribution is 9.10. The average molecular weight is 285 g/mol. The van der Waals surface area contributed by atoms with Crippen molar-refractivity contribution < 1.29 is 4.52 Å². The second-order valence-electron chi connectivity index (χ2n) is 3.62. The second-order valence-corrected chi connectivity index (χ2v) is 5.55. The lowest BCUT2D eigenvalue weighted by Gasteiger charge is -1.90. The van der Waals surface area contributed by atoms with E-state index < -0.39 is 0 Å². The monoisotopic (exact) mass is 284 g/mol. The molecule has 15 heavy (non-hydrogen) atoms. The lowest BCUT2D eigenvalue weighted by Crippen LogP contribution is -1.82. The zero-order valence-corrected chi connectivity index (χ0v) is 10.3. The Morgan fingerprint density at radius 2 is 2.33 bits per heavy atom. The third-order valence-corrected chi connectivity index (χ3v) is 4.63. The number of rotatable bonds is 1. The standard InChI is InChI=1S/C10H9BrN2OS/c11-8-9(14-13-10(8)12)7-4-5-2-1-3-6(5)15-7/h4H,1-3H2,(H2,12,13). The maximum atomic E-state index is 5.62. The summed E-state index contributed by atoms with van der Waals surface area (Å²) in [6.45, 7) is 0. The van der Waals surface area contributed by atoms with Gasteiger partial charge < -0.3 is 10.3 Å². The molecule has 2 aromatic heterocycles. The third kappa shape index (κ3) is 1.41. The molecule has 0 radical (unpaired) electrons. The quantitative estimate of drug-likeness (QED) is 0.875. The minimum absolute atomic E-state index is 0.415. The van der Waals surface area contributed by atoms with E-state index in [1.165, 1.54) is 29.7 Å². The van der Waals surface area contributed by atoms with Gasteiger partial charge in [0.15, 0.2) is 11.6 Å². The molecule has 0 fully saturated rings. The first kappa shape index (κ1) is 9.42. The number of nitrogen functional groups attached to an aromatic ring is 1. The highest BCUT2D eigenvalue weighted by atomic mass is 79.9. The smallest absolute Gasteiger partial charge is 0.193 e. The Kier molecular flexibility index (Phi) is 2.10. The molecule has 0 saturated carbocycles. The number of aryl methyl sites for hydroxylation is 2. The van der Waals surface area contributed by atoms with Crippen LogP contribution in [0.2, 0.25) is 0 Å². The van der Waals surface area contributed by atoms with Gasteiger partial charge in [-0.2, -0.15) is 0 Å². The van der Waals surface area contributed by atoms with Crippen molar-refractivity contribution in [2.24, 2.45) is 0 Å². The predicted octanol–water partition coefficient (Wildman–Crippen LogP) is 3.24. The normalized spacial score (nSPS) is 14.5. The summed E-state index contributed by atoms with van der Waals surface area (Å²) in [5, 5.41) is 3.74. The molecule has 2 heterocycles. The Morgan fingerprint density at radius 3 is 3.00 bits per heavy atom. The van der Waals surface area contributed by atoms with E-state index in [4.69, 9.17) is 10.3 Å². The van der Waals surface area contributed by atoms with Crippen molar-refractivity contribution in [1.82, 2.24) is 5.16 Å². The molecular weight excluding hydrogens is 276 g/mol. The van der Waals surface area contributed by atoms with Crippen LogP contribution >= 0.6 is 27.3 Å². The van der Waals surface area contributed by atoms with Gasteiger partial charge in [-0.25, -0.2) is 0 Å². The summed E-state index contributed by atoms with van der Waals surface area (Å²) >= 11 is 5.17. The molecule has 78 valence electrons.